The number of aromatic nitrogens is 1. The van der Waals surface area contributed by atoms with Crippen LogP contribution in [0.25, 0.3) is 0 Å². The predicted molar refractivity (Wildman–Crippen MR) is 79.5 cm³/mol. The number of nitrogens with zero attached hydrogens (tertiary/aromatic N) is 1. The van der Waals surface area contributed by atoms with Gasteiger partial charge >= 0.3 is 0 Å². The number of carbonyl (C=O) groups excluding carboxylic acids is 1. The molecule has 0 unspecified atom stereocenters. The molecular formula is C13H20BrN3O2. The van der Waals surface area contributed by atoms with E-state index in [4.69, 9.17) is 4.74 Å². The molecule has 0 saturated carbocycles. The lowest BCUT2D eigenvalue weighted by Crippen LogP contribution is -2.26. The van der Waals surface area contributed by atoms with Gasteiger partial charge in [-0.3, -0.25) is 4.79 Å². The Morgan fingerprint density at radius 2 is 2.26 bits per heavy atom. The molecule has 1 heterocycles. The van der Waals surface area contributed by atoms with Gasteiger partial charge in [-0.05, 0) is 34.8 Å². The molecule has 0 aliphatic rings. The van der Waals surface area contributed by atoms with Crippen LogP contribution in [0.15, 0.2) is 16.7 Å². The molecule has 2 N–H and O–H groups in total. The van der Waals surface area contributed by atoms with Gasteiger partial charge < -0.3 is 15.4 Å². The maximum Gasteiger partial charge on any atom is 0.255 e. The molecule has 0 aromatic carbocycles. The average molecular weight is 330 g/mol. The number of amides is 1. The van der Waals surface area contributed by atoms with E-state index in [0.717, 1.165) is 23.9 Å². The van der Waals surface area contributed by atoms with Crippen molar-refractivity contribution in [3.05, 3.63) is 22.3 Å². The van der Waals surface area contributed by atoms with Crippen molar-refractivity contribution in [2.24, 2.45) is 0 Å². The van der Waals surface area contributed by atoms with Crippen LogP contribution >= 0.6 is 15.9 Å². The smallest absolute Gasteiger partial charge is 0.255 e. The fourth-order valence-corrected chi connectivity index (χ4v) is 1.84. The van der Waals surface area contributed by atoms with Crippen LogP contribution in [-0.2, 0) is 4.74 Å². The summed E-state index contributed by atoms with van der Waals surface area (Å²) in [6.45, 7) is 4.08. The lowest BCUT2D eigenvalue weighted by molar-refractivity contribution is 0.0949. The number of halogens is 1. The van der Waals surface area contributed by atoms with E-state index < -0.39 is 0 Å². The highest BCUT2D eigenvalue weighted by Gasteiger charge is 2.12. The number of carbonyl (C=O) groups is 1. The molecule has 19 heavy (non-hydrogen) atoms. The summed E-state index contributed by atoms with van der Waals surface area (Å²) in [5.74, 6) is 0.498. The van der Waals surface area contributed by atoms with E-state index in [9.17, 15) is 4.79 Å². The van der Waals surface area contributed by atoms with Crippen molar-refractivity contribution in [3.63, 3.8) is 0 Å². The zero-order valence-corrected chi connectivity index (χ0v) is 12.9. The van der Waals surface area contributed by atoms with Crippen LogP contribution in [0.5, 0.6) is 0 Å². The molecule has 0 aliphatic carbocycles. The van der Waals surface area contributed by atoms with E-state index in [1.165, 1.54) is 0 Å². The quantitative estimate of drug-likeness (QED) is 0.719. The van der Waals surface area contributed by atoms with Crippen molar-refractivity contribution in [3.8, 4) is 0 Å². The third-order valence-electron chi connectivity index (χ3n) is 2.45. The largest absolute Gasteiger partial charge is 0.385 e. The van der Waals surface area contributed by atoms with Crippen LogP contribution in [0, 0.1) is 0 Å². The molecule has 1 amide bonds. The molecule has 1 aromatic rings. The molecule has 106 valence electrons. The highest BCUT2D eigenvalue weighted by molar-refractivity contribution is 9.10. The molecule has 0 fully saturated rings. The van der Waals surface area contributed by atoms with E-state index in [0.29, 0.717) is 24.5 Å². The zero-order chi connectivity index (χ0) is 14.1. The van der Waals surface area contributed by atoms with Gasteiger partial charge in [-0.2, -0.15) is 0 Å². The molecule has 0 atom stereocenters. The van der Waals surface area contributed by atoms with Gasteiger partial charge in [-0.1, -0.05) is 6.92 Å². The molecule has 0 saturated heterocycles. The Kier molecular flexibility index (Phi) is 7.43. The molecule has 0 bridgehead atoms. The van der Waals surface area contributed by atoms with Crippen LogP contribution in [0.1, 0.15) is 30.1 Å². The van der Waals surface area contributed by atoms with Crippen molar-refractivity contribution in [1.29, 1.82) is 0 Å². The maximum atomic E-state index is 12.1. The van der Waals surface area contributed by atoms with Crippen molar-refractivity contribution in [1.82, 2.24) is 10.3 Å². The monoisotopic (exact) mass is 329 g/mol. The van der Waals surface area contributed by atoms with E-state index in [2.05, 4.69) is 38.5 Å². The van der Waals surface area contributed by atoms with Gasteiger partial charge in [-0.25, -0.2) is 4.98 Å². The van der Waals surface area contributed by atoms with E-state index in [-0.39, 0.29) is 5.91 Å². The zero-order valence-electron chi connectivity index (χ0n) is 11.3. The minimum absolute atomic E-state index is 0.122. The standard InChI is InChI=1S/C13H20BrN3O2/c1-3-5-15-12-11(8-10(14)9-17-12)13(18)16-6-4-7-19-2/h8-9H,3-7H2,1-2H3,(H,15,17)(H,16,18). The Balaban J connectivity index is 2.67. The van der Waals surface area contributed by atoms with Crippen LogP contribution in [0.2, 0.25) is 0 Å². The second-order valence-corrected chi connectivity index (χ2v) is 4.99. The third-order valence-corrected chi connectivity index (χ3v) is 2.89. The van der Waals surface area contributed by atoms with Gasteiger partial charge in [0.2, 0.25) is 0 Å². The highest BCUT2D eigenvalue weighted by atomic mass is 79.9. The van der Waals surface area contributed by atoms with Crippen LogP contribution in [0.3, 0.4) is 0 Å². The van der Waals surface area contributed by atoms with Gasteiger partial charge in [0.15, 0.2) is 0 Å². The minimum atomic E-state index is -0.122. The second kappa shape index (κ2) is 8.87. The fourth-order valence-electron chi connectivity index (χ4n) is 1.51. The summed E-state index contributed by atoms with van der Waals surface area (Å²) in [5, 5.41) is 6.01. The Labute approximate surface area is 122 Å². The number of hydrogen-bond acceptors (Lipinski definition) is 4. The van der Waals surface area contributed by atoms with Gasteiger partial charge in [0.1, 0.15) is 5.82 Å². The molecule has 1 aromatic heterocycles. The van der Waals surface area contributed by atoms with Crippen LogP contribution < -0.4 is 10.6 Å². The van der Waals surface area contributed by atoms with Gasteiger partial charge in [-0.15, -0.1) is 0 Å². The van der Waals surface area contributed by atoms with E-state index >= 15 is 0 Å². The lowest BCUT2D eigenvalue weighted by atomic mass is 10.2. The number of anilines is 1. The summed E-state index contributed by atoms with van der Waals surface area (Å²) < 4.78 is 5.73. The van der Waals surface area contributed by atoms with Gasteiger partial charge in [0.05, 0.1) is 5.56 Å². The molecule has 0 spiro atoms. The average Bonchev–Trinajstić information content (AvgIpc) is 2.42. The van der Waals surface area contributed by atoms with Gasteiger partial charge in [0.25, 0.3) is 5.91 Å². The van der Waals surface area contributed by atoms with Crippen molar-refractivity contribution in [2.75, 3.05) is 32.1 Å². The second-order valence-electron chi connectivity index (χ2n) is 4.08. The Morgan fingerprint density at radius 1 is 1.47 bits per heavy atom. The number of ether oxygens (including phenoxy) is 1. The van der Waals surface area contributed by atoms with E-state index in [1.54, 1.807) is 19.4 Å². The number of rotatable bonds is 8. The van der Waals surface area contributed by atoms with Crippen LogP contribution in [-0.4, -0.2) is 37.7 Å². The highest BCUT2D eigenvalue weighted by Crippen LogP contribution is 2.18. The summed E-state index contributed by atoms with van der Waals surface area (Å²) in [6, 6.07) is 1.77. The summed E-state index contributed by atoms with van der Waals surface area (Å²) in [7, 11) is 1.65. The summed E-state index contributed by atoms with van der Waals surface area (Å²) in [4.78, 5) is 16.3. The lowest BCUT2D eigenvalue weighted by Gasteiger charge is -2.11. The number of nitrogens with one attached hydrogen (secondary N) is 2. The Bertz CT molecular complexity index is 413. The first-order chi connectivity index (χ1) is 9.19. The van der Waals surface area contributed by atoms with Crippen molar-refractivity contribution in [2.45, 2.75) is 19.8 Å². The maximum absolute atomic E-state index is 12.1. The first-order valence-electron chi connectivity index (χ1n) is 6.35. The molecular weight excluding hydrogens is 310 g/mol. The van der Waals surface area contributed by atoms with E-state index in [1.807, 2.05) is 0 Å². The van der Waals surface area contributed by atoms with Crippen molar-refractivity contribution < 1.29 is 9.53 Å². The topological polar surface area (TPSA) is 63.2 Å². The van der Waals surface area contributed by atoms with Crippen molar-refractivity contribution >= 4 is 27.7 Å². The molecule has 5 nitrogen and oxygen atoms in total. The minimum Gasteiger partial charge on any atom is -0.385 e. The number of methoxy groups -OCH3 is 1. The summed E-state index contributed by atoms with van der Waals surface area (Å²) >= 11 is 3.34. The first-order valence-corrected chi connectivity index (χ1v) is 7.15. The molecule has 6 heteroatoms. The Morgan fingerprint density at radius 3 is 2.95 bits per heavy atom. The van der Waals surface area contributed by atoms with Gasteiger partial charge in [0, 0.05) is 37.5 Å². The fraction of sp³-hybridized carbons (Fsp3) is 0.538. The third kappa shape index (κ3) is 5.57. The summed E-state index contributed by atoms with van der Waals surface area (Å²) in [6.07, 6.45) is 3.45. The SMILES string of the molecule is CCCNc1ncc(Br)cc1C(=O)NCCCOC. The Hall–Kier alpha value is -1.14. The number of pyridine rings is 1. The first kappa shape index (κ1) is 15.9. The molecule has 1 rings (SSSR count). The molecule has 0 aliphatic heterocycles. The normalized spacial score (nSPS) is 10.3. The predicted octanol–water partition coefficient (Wildman–Crippen LogP) is 2.43. The number of hydrogen-bond donors (Lipinski definition) is 2. The van der Waals surface area contributed by atoms with Crippen LogP contribution in [0.4, 0.5) is 5.82 Å². The molecule has 0 radical (unpaired) electrons. The summed E-state index contributed by atoms with van der Waals surface area (Å²) in [5.41, 5.74) is 0.556.